The molecule has 1 fully saturated rings. The largest absolute Gasteiger partial charge is 0.348 e. The number of rotatable bonds is 8. The van der Waals surface area contributed by atoms with Crippen molar-refractivity contribution in [2.75, 3.05) is 19.6 Å². The van der Waals surface area contributed by atoms with E-state index in [1.54, 1.807) is 21.8 Å². The van der Waals surface area contributed by atoms with E-state index in [1.807, 2.05) is 30.3 Å². The summed E-state index contributed by atoms with van der Waals surface area (Å²) in [5, 5.41) is 6.98. The summed E-state index contributed by atoms with van der Waals surface area (Å²) >= 11 is 1.21. The van der Waals surface area contributed by atoms with Crippen LogP contribution in [0, 0.1) is 0 Å². The van der Waals surface area contributed by atoms with Crippen LogP contribution in [0.5, 0.6) is 0 Å². The van der Waals surface area contributed by atoms with Gasteiger partial charge in [-0.05, 0) is 42.7 Å². The lowest BCUT2D eigenvalue weighted by Crippen LogP contribution is -2.46. The second kappa shape index (κ2) is 10.7. The number of piperidine rings is 1. The molecule has 162 valence electrons. The topological polar surface area (TPSA) is 95.6 Å². The van der Waals surface area contributed by atoms with Crippen molar-refractivity contribution in [2.45, 2.75) is 42.4 Å². The second-order valence-corrected chi connectivity index (χ2v) is 10.3. The van der Waals surface area contributed by atoms with Gasteiger partial charge in [-0.15, -0.1) is 11.3 Å². The third-order valence-corrected chi connectivity index (χ3v) is 8.47. The molecular weight excluding hydrogens is 422 g/mol. The summed E-state index contributed by atoms with van der Waals surface area (Å²) in [5.41, 5.74) is 1.09. The molecule has 2 heterocycles. The highest BCUT2D eigenvalue weighted by Crippen LogP contribution is 2.28. The van der Waals surface area contributed by atoms with E-state index in [0.29, 0.717) is 30.1 Å². The van der Waals surface area contributed by atoms with Crippen molar-refractivity contribution in [2.24, 2.45) is 0 Å². The van der Waals surface area contributed by atoms with Gasteiger partial charge in [0.05, 0.1) is 0 Å². The first-order valence-electron chi connectivity index (χ1n) is 10.1. The van der Waals surface area contributed by atoms with Gasteiger partial charge in [0.15, 0.2) is 0 Å². The van der Waals surface area contributed by atoms with Crippen LogP contribution in [-0.4, -0.2) is 50.2 Å². The maximum Gasteiger partial charge on any atom is 0.309 e. The van der Waals surface area contributed by atoms with Crippen molar-refractivity contribution in [3.63, 3.8) is 0 Å². The Morgan fingerprint density at radius 1 is 1.00 bits per heavy atom. The van der Waals surface area contributed by atoms with E-state index >= 15 is 0 Å². The minimum absolute atomic E-state index is 0.174. The number of thiophene rings is 1. The second-order valence-electron chi connectivity index (χ2n) is 7.23. The number of hydrogen-bond acceptors (Lipinski definition) is 5. The molecular formula is C21H27N3O4S2. The summed E-state index contributed by atoms with van der Waals surface area (Å²) < 4.78 is 27.7. The van der Waals surface area contributed by atoms with Crippen LogP contribution < -0.4 is 10.6 Å². The summed E-state index contributed by atoms with van der Waals surface area (Å²) in [6.45, 7) is 1.12. The molecule has 3 rings (SSSR count). The molecule has 0 unspecified atom stereocenters. The lowest BCUT2D eigenvalue weighted by molar-refractivity contribution is -0.139. The van der Waals surface area contributed by atoms with E-state index in [2.05, 4.69) is 10.6 Å². The fraction of sp³-hybridized carbons (Fsp3) is 0.429. The molecule has 9 heteroatoms. The zero-order valence-electron chi connectivity index (χ0n) is 16.7. The van der Waals surface area contributed by atoms with Gasteiger partial charge in [-0.25, -0.2) is 8.42 Å². The molecule has 0 radical (unpaired) electrons. The van der Waals surface area contributed by atoms with Crippen LogP contribution >= 0.6 is 11.3 Å². The average molecular weight is 450 g/mol. The number of carbonyl (C=O) groups is 2. The Hall–Kier alpha value is -2.23. The monoisotopic (exact) mass is 449 g/mol. The SMILES string of the molecule is O=C(NCCc1ccccc1)C(=O)NCC[C@@H]1CCCCN1S(=O)(=O)c1cccs1. The molecule has 1 aliphatic heterocycles. The van der Waals surface area contributed by atoms with Crippen molar-refractivity contribution < 1.29 is 18.0 Å². The van der Waals surface area contributed by atoms with Crippen molar-refractivity contribution in [3.8, 4) is 0 Å². The zero-order valence-corrected chi connectivity index (χ0v) is 18.4. The Labute approximate surface area is 181 Å². The van der Waals surface area contributed by atoms with E-state index in [-0.39, 0.29) is 12.6 Å². The number of hydrogen-bond donors (Lipinski definition) is 2. The Morgan fingerprint density at radius 2 is 1.73 bits per heavy atom. The molecule has 1 aromatic heterocycles. The van der Waals surface area contributed by atoms with E-state index in [1.165, 1.54) is 11.3 Å². The maximum absolute atomic E-state index is 12.9. The molecule has 1 aliphatic rings. The van der Waals surface area contributed by atoms with Crippen LogP contribution in [0.15, 0.2) is 52.1 Å². The lowest BCUT2D eigenvalue weighted by Gasteiger charge is -2.34. The summed E-state index contributed by atoms with van der Waals surface area (Å²) in [6.07, 6.45) is 3.67. The van der Waals surface area contributed by atoms with Gasteiger partial charge in [0.1, 0.15) is 4.21 Å². The van der Waals surface area contributed by atoms with Gasteiger partial charge in [0.25, 0.3) is 10.0 Å². The third kappa shape index (κ3) is 5.90. The Bertz CT molecular complexity index is 930. The van der Waals surface area contributed by atoms with E-state index < -0.39 is 21.8 Å². The molecule has 1 atom stereocenters. The van der Waals surface area contributed by atoms with Crippen molar-refractivity contribution in [1.82, 2.24) is 14.9 Å². The van der Waals surface area contributed by atoms with Gasteiger partial charge < -0.3 is 10.6 Å². The maximum atomic E-state index is 12.9. The summed E-state index contributed by atoms with van der Waals surface area (Å²) in [7, 11) is -3.51. The van der Waals surface area contributed by atoms with Crippen molar-refractivity contribution >= 4 is 33.2 Å². The number of sulfonamides is 1. The summed E-state index contributed by atoms with van der Waals surface area (Å²) in [4.78, 5) is 24.0. The lowest BCUT2D eigenvalue weighted by atomic mass is 10.0. The number of benzene rings is 1. The average Bonchev–Trinajstić information content (AvgIpc) is 3.30. The van der Waals surface area contributed by atoms with Crippen LogP contribution in [0.25, 0.3) is 0 Å². The normalized spacial score (nSPS) is 17.4. The fourth-order valence-corrected chi connectivity index (χ4v) is 6.43. The van der Waals surface area contributed by atoms with Crippen LogP contribution in [-0.2, 0) is 26.0 Å². The first-order valence-corrected chi connectivity index (χ1v) is 12.5. The van der Waals surface area contributed by atoms with Crippen molar-refractivity contribution in [3.05, 3.63) is 53.4 Å². The van der Waals surface area contributed by atoms with Gasteiger partial charge in [-0.1, -0.05) is 42.8 Å². The molecule has 7 nitrogen and oxygen atoms in total. The molecule has 1 saturated heterocycles. The molecule has 0 aliphatic carbocycles. The smallest absolute Gasteiger partial charge is 0.309 e. The highest BCUT2D eigenvalue weighted by atomic mass is 32.2. The molecule has 1 aromatic carbocycles. The molecule has 2 N–H and O–H groups in total. The van der Waals surface area contributed by atoms with E-state index in [4.69, 9.17) is 0 Å². The van der Waals surface area contributed by atoms with Gasteiger partial charge in [-0.2, -0.15) is 4.31 Å². The summed E-state index contributed by atoms with van der Waals surface area (Å²) in [5.74, 6) is -1.36. The van der Waals surface area contributed by atoms with Gasteiger partial charge in [-0.3, -0.25) is 9.59 Å². The predicted octanol–water partition coefficient (Wildman–Crippen LogP) is 2.16. The number of nitrogens with zero attached hydrogens (tertiary/aromatic N) is 1. The van der Waals surface area contributed by atoms with Crippen molar-refractivity contribution in [1.29, 1.82) is 0 Å². The van der Waals surface area contributed by atoms with E-state index in [0.717, 1.165) is 24.8 Å². The molecule has 0 spiro atoms. The van der Waals surface area contributed by atoms with Gasteiger partial charge >= 0.3 is 11.8 Å². The standard InChI is InChI=1S/C21H27N3O4S2/c25-20(22-13-11-17-7-2-1-3-8-17)21(26)23-14-12-18-9-4-5-15-24(18)30(27,28)19-10-6-16-29-19/h1-3,6-8,10,16,18H,4-5,9,11-15H2,(H,22,25)(H,23,26)/t18-/m0/s1. The molecule has 0 saturated carbocycles. The Morgan fingerprint density at radius 3 is 2.43 bits per heavy atom. The van der Waals surface area contributed by atoms with Crippen LogP contribution in [0.3, 0.4) is 0 Å². The molecule has 30 heavy (non-hydrogen) atoms. The van der Waals surface area contributed by atoms with Crippen LogP contribution in [0.2, 0.25) is 0 Å². The third-order valence-electron chi connectivity index (χ3n) is 5.14. The number of amides is 2. The minimum atomic E-state index is -3.51. The minimum Gasteiger partial charge on any atom is -0.348 e. The fourth-order valence-electron chi connectivity index (χ4n) is 3.58. The van der Waals surface area contributed by atoms with E-state index in [9.17, 15) is 18.0 Å². The van der Waals surface area contributed by atoms with Gasteiger partial charge in [0.2, 0.25) is 0 Å². The number of carbonyl (C=O) groups excluding carboxylic acids is 2. The highest BCUT2D eigenvalue weighted by Gasteiger charge is 2.33. The Balaban J connectivity index is 1.44. The summed E-state index contributed by atoms with van der Waals surface area (Å²) in [6, 6.07) is 12.9. The number of nitrogens with one attached hydrogen (secondary N) is 2. The van der Waals surface area contributed by atoms with Crippen LogP contribution in [0.4, 0.5) is 0 Å². The Kier molecular flexibility index (Phi) is 8.01. The van der Waals surface area contributed by atoms with Crippen LogP contribution in [0.1, 0.15) is 31.2 Å². The molecule has 2 aromatic rings. The molecule has 2 amide bonds. The first kappa shape index (κ1) is 22.5. The first-order chi connectivity index (χ1) is 14.5. The molecule has 0 bridgehead atoms. The zero-order chi connectivity index (χ0) is 21.4. The predicted molar refractivity (Wildman–Crippen MR) is 117 cm³/mol. The highest BCUT2D eigenvalue weighted by molar-refractivity contribution is 7.91. The van der Waals surface area contributed by atoms with Gasteiger partial charge in [0, 0.05) is 25.7 Å². The quantitative estimate of drug-likeness (QED) is 0.604.